The maximum atomic E-state index is 6.31. The molecule has 0 aliphatic rings. The predicted octanol–water partition coefficient (Wildman–Crippen LogP) is 4.06. The lowest BCUT2D eigenvalue weighted by molar-refractivity contribution is 0.875. The molecule has 0 amide bonds. The molecule has 17 heavy (non-hydrogen) atoms. The van der Waals surface area contributed by atoms with Crippen molar-refractivity contribution in [1.29, 1.82) is 0 Å². The lowest BCUT2D eigenvalue weighted by Gasteiger charge is -2.11. The second kappa shape index (κ2) is 5.48. The predicted molar refractivity (Wildman–Crippen MR) is 75.5 cm³/mol. The highest BCUT2D eigenvalue weighted by atomic mass is 32.1. The molecule has 0 spiro atoms. The Morgan fingerprint density at radius 3 is 2.71 bits per heavy atom. The summed E-state index contributed by atoms with van der Waals surface area (Å²) in [5.74, 6) is 0. The minimum Gasteiger partial charge on any atom is -0.320 e. The average Bonchev–Trinajstić information content (AvgIpc) is 2.76. The highest BCUT2D eigenvalue weighted by molar-refractivity contribution is 7.12. The molecule has 0 fully saturated rings. The molecule has 2 heteroatoms. The quantitative estimate of drug-likeness (QED) is 0.863. The first-order valence-corrected chi connectivity index (χ1v) is 6.93. The molecule has 1 atom stereocenters. The van der Waals surface area contributed by atoms with Crippen molar-refractivity contribution in [2.45, 2.75) is 32.7 Å². The van der Waals surface area contributed by atoms with Crippen LogP contribution < -0.4 is 5.73 Å². The molecule has 1 unspecified atom stereocenters. The molecule has 0 saturated carbocycles. The summed E-state index contributed by atoms with van der Waals surface area (Å²) in [7, 11) is 0. The van der Waals surface area contributed by atoms with Gasteiger partial charge < -0.3 is 5.73 Å². The van der Waals surface area contributed by atoms with Gasteiger partial charge in [-0.1, -0.05) is 37.6 Å². The smallest absolute Gasteiger partial charge is 0.0646 e. The van der Waals surface area contributed by atoms with E-state index in [9.17, 15) is 0 Å². The topological polar surface area (TPSA) is 26.0 Å². The van der Waals surface area contributed by atoms with Crippen molar-refractivity contribution in [1.82, 2.24) is 0 Å². The molecule has 0 aliphatic heterocycles. The van der Waals surface area contributed by atoms with Crippen LogP contribution in [0.4, 0.5) is 0 Å². The van der Waals surface area contributed by atoms with Crippen LogP contribution in [0, 0.1) is 6.92 Å². The van der Waals surface area contributed by atoms with E-state index >= 15 is 0 Å². The highest BCUT2D eigenvalue weighted by Crippen LogP contribution is 2.26. The van der Waals surface area contributed by atoms with Gasteiger partial charge in [-0.15, -0.1) is 11.3 Å². The minimum atomic E-state index is 0.0190. The van der Waals surface area contributed by atoms with Crippen LogP contribution in [0.15, 0.2) is 36.4 Å². The van der Waals surface area contributed by atoms with Gasteiger partial charge in [0.1, 0.15) is 0 Å². The molecule has 2 rings (SSSR count). The summed E-state index contributed by atoms with van der Waals surface area (Å²) in [6, 6.07) is 12.9. The first-order chi connectivity index (χ1) is 8.20. The van der Waals surface area contributed by atoms with Gasteiger partial charge >= 0.3 is 0 Å². The number of benzene rings is 1. The summed E-state index contributed by atoms with van der Waals surface area (Å²) in [4.78, 5) is 2.57. The van der Waals surface area contributed by atoms with E-state index in [1.165, 1.54) is 27.3 Å². The number of hydrogen-bond acceptors (Lipinski definition) is 2. The van der Waals surface area contributed by atoms with Crippen LogP contribution in [0.25, 0.3) is 0 Å². The molecule has 0 bridgehead atoms. The number of thiophene rings is 1. The molecular weight excluding hydrogens is 226 g/mol. The lowest BCUT2D eigenvalue weighted by Crippen LogP contribution is -2.10. The van der Waals surface area contributed by atoms with E-state index in [1.54, 1.807) is 11.3 Å². The Morgan fingerprint density at radius 2 is 2.06 bits per heavy atom. The van der Waals surface area contributed by atoms with Gasteiger partial charge in [0, 0.05) is 9.75 Å². The second-order valence-electron chi connectivity index (χ2n) is 4.42. The average molecular weight is 245 g/mol. The molecule has 1 heterocycles. The Hall–Kier alpha value is -1.12. The van der Waals surface area contributed by atoms with Gasteiger partial charge in [0.25, 0.3) is 0 Å². The van der Waals surface area contributed by atoms with Gasteiger partial charge in [-0.2, -0.15) is 0 Å². The van der Waals surface area contributed by atoms with Crippen LogP contribution >= 0.6 is 11.3 Å². The first kappa shape index (κ1) is 12.3. The zero-order chi connectivity index (χ0) is 12.3. The second-order valence-corrected chi connectivity index (χ2v) is 5.74. The Balaban J connectivity index is 2.24. The summed E-state index contributed by atoms with van der Waals surface area (Å²) in [5.41, 5.74) is 8.91. The molecule has 0 aliphatic carbocycles. The third-order valence-corrected chi connectivity index (χ3v) is 4.00. The van der Waals surface area contributed by atoms with E-state index in [1.807, 2.05) is 0 Å². The Kier molecular flexibility index (Phi) is 3.97. The summed E-state index contributed by atoms with van der Waals surface area (Å²) < 4.78 is 0. The molecule has 1 aromatic carbocycles. The van der Waals surface area contributed by atoms with Gasteiger partial charge in [0.15, 0.2) is 0 Å². The van der Waals surface area contributed by atoms with E-state index in [2.05, 4.69) is 50.2 Å². The van der Waals surface area contributed by atoms with E-state index < -0.39 is 0 Å². The fourth-order valence-corrected chi connectivity index (χ4v) is 2.92. The van der Waals surface area contributed by atoms with Gasteiger partial charge in [-0.05, 0) is 36.6 Å². The third kappa shape index (κ3) is 2.96. The van der Waals surface area contributed by atoms with Crippen molar-refractivity contribution >= 4 is 11.3 Å². The minimum absolute atomic E-state index is 0.0190. The Bertz CT molecular complexity index is 487. The molecule has 0 saturated heterocycles. The molecule has 2 N–H and O–H groups in total. The van der Waals surface area contributed by atoms with E-state index in [4.69, 9.17) is 5.73 Å². The fourth-order valence-electron chi connectivity index (χ4n) is 2.02. The molecule has 1 nitrogen and oxygen atoms in total. The molecular formula is C15H19NS. The van der Waals surface area contributed by atoms with Crippen molar-refractivity contribution in [3.05, 3.63) is 57.3 Å². The zero-order valence-electron chi connectivity index (χ0n) is 10.4. The van der Waals surface area contributed by atoms with Gasteiger partial charge in [0.2, 0.25) is 0 Å². The van der Waals surface area contributed by atoms with Crippen LogP contribution in [-0.4, -0.2) is 0 Å². The molecule has 2 aromatic rings. The maximum absolute atomic E-state index is 6.31. The van der Waals surface area contributed by atoms with Gasteiger partial charge in [0.05, 0.1) is 6.04 Å². The van der Waals surface area contributed by atoms with Crippen LogP contribution in [0.2, 0.25) is 0 Å². The summed E-state index contributed by atoms with van der Waals surface area (Å²) >= 11 is 1.78. The van der Waals surface area contributed by atoms with Crippen molar-refractivity contribution in [3.63, 3.8) is 0 Å². The Labute approximate surface area is 107 Å². The largest absolute Gasteiger partial charge is 0.320 e. The first-order valence-electron chi connectivity index (χ1n) is 6.11. The standard InChI is InChI=1S/C15H19NS/c1-3-5-12-6-4-7-13(10-12)15(16)14-9-8-11(2)17-14/h4,6-10,15H,3,5,16H2,1-2H3. The van der Waals surface area contributed by atoms with E-state index in [-0.39, 0.29) is 6.04 Å². The van der Waals surface area contributed by atoms with Gasteiger partial charge in [-0.3, -0.25) is 0 Å². The lowest BCUT2D eigenvalue weighted by atomic mass is 10.0. The summed E-state index contributed by atoms with van der Waals surface area (Å²) in [6.07, 6.45) is 2.31. The van der Waals surface area contributed by atoms with Crippen LogP contribution in [-0.2, 0) is 6.42 Å². The number of rotatable bonds is 4. The SMILES string of the molecule is CCCc1cccc(C(N)c2ccc(C)s2)c1. The summed E-state index contributed by atoms with van der Waals surface area (Å²) in [5, 5.41) is 0. The number of nitrogens with two attached hydrogens (primary N) is 1. The van der Waals surface area contributed by atoms with Crippen molar-refractivity contribution in [3.8, 4) is 0 Å². The van der Waals surface area contributed by atoms with E-state index in [0.717, 1.165) is 6.42 Å². The van der Waals surface area contributed by atoms with Crippen LogP contribution in [0.5, 0.6) is 0 Å². The normalized spacial score (nSPS) is 12.6. The van der Waals surface area contributed by atoms with Crippen molar-refractivity contribution in [2.75, 3.05) is 0 Å². The van der Waals surface area contributed by atoms with Crippen LogP contribution in [0.3, 0.4) is 0 Å². The third-order valence-electron chi connectivity index (χ3n) is 2.92. The number of hydrogen-bond donors (Lipinski definition) is 1. The monoisotopic (exact) mass is 245 g/mol. The fraction of sp³-hybridized carbons (Fsp3) is 0.333. The van der Waals surface area contributed by atoms with Gasteiger partial charge in [-0.25, -0.2) is 0 Å². The van der Waals surface area contributed by atoms with Crippen LogP contribution in [0.1, 0.15) is 40.3 Å². The maximum Gasteiger partial charge on any atom is 0.0646 e. The zero-order valence-corrected chi connectivity index (χ0v) is 11.3. The highest BCUT2D eigenvalue weighted by Gasteiger charge is 2.10. The van der Waals surface area contributed by atoms with E-state index in [0.29, 0.717) is 0 Å². The molecule has 90 valence electrons. The van der Waals surface area contributed by atoms with Crippen molar-refractivity contribution < 1.29 is 0 Å². The number of aryl methyl sites for hydroxylation is 2. The molecule has 0 radical (unpaired) electrons. The van der Waals surface area contributed by atoms with Crippen molar-refractivity contribution in [2.24, 2.45) is 5.73 Å². The Morgan fingerprint density at radius 1 is 1.24 bits per heavy atom. The summed E-state index contributed by atoms with van der Waals surface area (Å²) in [6.45, 7) is 4.32. The molecule has 1 aromatic heterocycles.